The number of rotatable bonds is 9. The molecule has 0 aromatic heterocycles. The highest BCUT2D eigenvalue weighted by Crippen LogP contribution is 2.22. The van der Waals surface area contributed by atoms with Crippen molar-refractivity contribution >= 4 is 17.5 Å². The Morgan fingerprint density at radius 1 is 0.839 bits per heavy atom. The van der Waals surface area contributed by atoms with Crippen molar-refractivity contribution in [1.29, 1.82) is 0 Å². The Hall–Kier alpha value is -3.60. The van der Waals surface area contributed by atoms with Gasteiger partial charge in [-0.05, 0) is 43.2 Å². The molecule has 0 saturated carbocycles. The molecule has 0 aliphatic carbocycles. The highest BCUT2D eigenvalue weighted by molar-refractivity contribution is 6.10. The molecule has 1 unspecified atom stereocenters. The fourth-order valence-electron chi connectivity index (χ4n) is 3.09. The van der Waals surface area contributed by atoms with Crippen LogP contribution in [-0.2, 0) is 6.42 Å². The number of amides is 2. The summed E-state index contributed by atoms with van der Waals surface area (Å²) in [6.45, 7) is 4.41. The number of carbonyl (C=O) groups is 2. The van der Waals surface area contributed by atoms with Crippen molar-refractivity contribution in [3.05, 3.63) is 95.6 Å². The Balaban J connectivity index is 1.71. The average Bonchev–Trinajstić information content (AvgIpc) is 2.80. The fourth-order valence-corrected chi connectivity index (χ4v) is 3.09. The van der Waals surface area contributed by atoms with Crippen LogP contribution in [0, 0.1) is 0 Å². The van der Waals surface area contributed by atoms with Crippen LogP contribution in [-0.4, -0.2) is 24.5 Å². The molecular weight excluding hydrogens is 388 g/mol. The number of ether oxygens (including phenoxy) is 1. The third-order valence-corrected chi connectivity index (χ3v) is 5.03. The summed E-state index contributed by atoms with van der Waals surface area (Å²) in [5.74, 6) is -0.0192. The van der Waals surface area contributed by atoms with Gasteiger partial charge in [-0.3, -0.25) is 9.59 Å². The van der Waals surface area contributed by atoms with E-state index >= 15 is 0 Å². The number of hydrogen-bond acceptors (Lipinski definition) is 3. The van der Waals surface area contributed by atoms with E-state index in [9.17, 15) is 9.59 Å². The quantitative estimate of drug-likeness (QED) is 0.511. The van der Waals surface area contributed by atoms with E-state index in [2.05, 4.69) is 10.6 Å². The lowest BCUT2D eigenvalue weighted by molar-refractivity contribution is 0.0940. The van der Waals surface area contributed by atoms with Gasteiger partial charge in [0.1, 0.15) is 5.75 Å². The van der Waals surface area contributed by atoms with E-state index in [1.165, 1.54) is 5.56 Å². The maximum absolute atomic E-state index is 13.0. The van der Waals surface area contributed by atoms with E-state index in [4.69, 9.17) is 4.74 Å². The molecule has 3 rings (SSSR count). The lowest BCUT2D eigenvalue weighted by Crippen LogP contribution is -2.32. The molecule has 0 spiro atoms. The normalized spacial score (nSPS) is 11.4. The van der Waals surface area contributed by atoms with Gasteiger partial charge in [0.25, 0.3) is 11.8 Å². The zero-order valence-corrected chi connectivity index (χ0v) is 17.9. The minimum Gasteiger partial charge on any atom is -0.492 e. The van der Waals surface area contributed by atoms with E-state index in [-0.39, 0.29) is 17.9 Å². The molecule has 5 nitrogen and oxygen atoms in total. The first-order valence-corrected chi connectivity index (χ1v) is 10.6. The molecule has 3 aromatic rings. The monoisotopic (exact) mass is 416 g/mol. The smallest absolute Gasteiger partial charge is 0.259 e. The molecule has 0 bridgehead atoms. The highest BCUT2D eigenvalue weighted by atomic mass is 16.5. The van der Waals surface area contributed by atoms with E-state index < -0.39 is 0 Å². The van der Waals surface area contributed by atoms with Crippen LogP contribution < -0.4 is 15.4 Å². The summed E-state index contributed by atoms with van der Waals surface area (Å²) in [7, 11) is 0. The average molecular weight is 417 g/mol. The standard InChI is InChI=1S/C26H28N2O3/c1-3-19(2)27-25(29)21-13-7-9-15-23(21)28-26(30)22-14-8-10-16-24(22)31-18-17-20-11-5-4-6-12-20/h4-16,19H,3,17-18H2,1-2H3,(H,27,29)(H,28,30). The van der Waals surface area contributed by atoms with Crippen LogP contribution >= 0.6 is 0 Å². The summed E-state index contributed by atoms with van der Waals surface area (Å²) in [6.07, 6.45) is 1.57. The van der Waals surface area contributed by atoms with Gasteiger partial charge in [-0.2, -0.15) is 0 Å². The van der Waals surface area contributed by atoms with Crippen molar-refractivity contribution < 1.29 is 14.3 Å². The summed E-state index contributed by atoms with van der Waals surface area (Å²) in [5, 5.41) is 5.81. The molecular formula is C26H28N2O3. The second-order valence-corrected chi connectivity index (χ2v) is 7.36. The van der Waals surface area contributed by atoms with Crippen LogP contribution in [0.2, 0.25) is 0 Å². The van der Waals surface area contributed by atoms with E-state index in [0.717, 1.165) is 12.8 Å². The third-order valence-electron chi connectivity index (χ3n) is 5.03. The van der Waals surface area contributed by atoms with Gasteiger partial charge in [0.05, 0.1) is 23.4 Å². The molecule has 5 heteroatoms. The first kappa shape index (κ1) is 22.1. The van der Waals surface area contributed by atoms with E-state index in [0.29, 0.717) is 29.2 Å². The maximum Gasteiger partial charge on any atom is 0.259 e. The number of para-hydroxylation sites is 2. The Morgan fingerprint density at radius 2 is 1.48 bits per heavy atom. The van der Waals surface area contributed by atoms with E-state index in [1.807, 2.05) is 50.2 Å². The molecule has 0 saturated heterocycles. The van der Waals surface area contributed by atoms with Gasteiger partial charge in [-0.15, -0.1) is 0 Å². The predicted octanol–water partition coefficient (Wildman–Crippen LogP) is 5.09. The van der Waals surface area contributed by atoms with Gasteiger partial charge in [0.15, 0.2) is 0 Å². The molecule has 3 aromatic carbocycles. The van der Waals surface area contributed by atoms with Gasteiger partial charge in [0.2, 0.25) is 0 Å². The highest BCUT2D eigenvalue weighted by Gasteiger charge is 2.17. The van der Waals surface area contributed by atoms with Crippen LogP contribution in [0.5, 0.6) is 5.75 Å². The van der Waals surface area contributed by atoms with Gasteiger partial charge < -0.3 is 15.4 Å². The van der Waals surface area contributed by atoms with Gasteiger partial charge >= 0.3 is 0 Å². The Kier molecular flexibility index (Phi) is 7.82. The Bertz CT molecular complexity index is 1020. The fraction of sp³-hybridized carbons (Fsp3) is 0.231. The lowest BCUT2D eigenvalue weighted by atomic mass is 10.1. The number of benzene rings is 3. The molecule has 0 radical (unpaired) electrons. The molecule has 0 heterocycles. The third kappa shape index (κ3) is 6.19. The Labute approximate surface area is 183 Å². The van der Waals surface area contributed by atoms with Gasteiger partial charge in [-0.25, -0.2) is 0 Å². The molecule has 2 N–H and O–H groups in total. The summed E-state index contributed by atoms with van der Waals surface area (Å²) >= 11 is 0. The molecule has 160 valence electrons. The first-order chi connectivity index (χ1) is 15.1. The lowest BCUT2D eigenvalue weighted by Gasteiger charge is -2.15. The van der Waals surface area contributed by atoms with Crippen molar-refractivity contribution in [3.63, 3.8) is 0 Å². The topological polar surface area (TPSA) is 67.4 Å². The summed E-state index contributed by atoms with van der Waals surface area (Å²) in [5.41, 5.74) is 2.49. The second-order valence-electron chi connectivity index (χ2n) is 7.36. The summed E-state index contributed by atoms with van der Waals surface area (Å²) in [6, 6.07) is 24.2. The van der Waals surface area contributed by atoms with Crippen LogP contribution in [0.25, 0.3) is 0 Å². The number of hydrogen-bond donors (Lipinski definition) is 2. The van der Waals surface area contributed by atoms with Gasteiger partial charge in [0, 0.05) is 12.5 Å². The predicted molar refractivity (Wildman–Crippen MR) is 124 cm³/mol. The molecule has 0 aliphatic rings. The van der Waals surface area contributed by atoms with Crippen molar-refractivity contribution in [1.82, 2.24) is 5.32 Å². The zero-order chi connectivity index (χ0) is 22.1. The van der Waals surface area contributed by atoms with Gasteiger partial charge in [-0.1, -0.05) is 61.5 Å². The number of nitrogens with one attached hydrogen (secondary N) is 2. The van der Waals surface area contributed by atoms with Crippen molar-refractivity contribution in [2.24, 2.45) is 0 Å². The largest absolute Gasteiger partial charge is 0.492 e. The maximum atomic E-state index is 13.0. The SMILES string of the molecule is CCC(C)NC(=O)c1ccccc1NC(=O)c1ccccc1OCCc1ccccc1. The number of anilines is 1. The van der Waals surface area contributed by atoms with Crippen LogP contribution in [0.1, 0.15) is 46.5 Å². The molecule has 1 atom stereocenters. The zero-order valence-electron chi connectivity index (χ0n) is 17.9. The van der Waals surface area contributed by atoms with Crippen LogP contribution in [0.3, 0.4) is 0 Å². The van der Waals surface area contributed by atoms with Crippen LogP contribution in [0.4, 0.5) is 5.69 Å². The second kappa shape index (κ2) is 11.0. The molecule has 2 amide bonds. The summed E-state index contributed by atoms with van der Waals surface area (Å²) in [4.78, 5) is 25.6. The molecule has 0 aliphatic heterocycles. The van der Waals surface area contributed by atoms with Crippen LogP contribution in [0.15, 0.2) is 78.9 Å². The minimum atomic E-state index is -0.320. The summed E-state index contributed by atoms with van der Waals surface area (Å²) < 4.78 is 5.90. The van der Waals surface area contributed by atoms with Crippen molar-refractivity contribution in [2.45, 2.75) is 32.7 Å². The van der Waals surface area contributed by atoms with Crippen molar-refractivity contribution in [2.75, 3.05) is 11.9 Å². The number of carbonyl (C=O) groups excluding carboxylic acids is 2. The molecule has 31 heavy (non-hydrogen) atoms. The molecule has 0 fully saturated rings. The van der Waals surface area contributed by atoms with E-state index in [1.54, 1.807) is 42.5 Å². The Morgan fingerprint density at radius 3 is 2.23 bits per heavy atom. The minimum absolute atomic E-state index is 0.0509. The van der Waals surface area contributed by atoms with Crippen molar-refractivity contribution in [3.8, 4) is 5.75 Å². The first-order valence-electron chi connectivity index (χ1n) is 10.6.